The van der Waals surface area contributed by atoms with Crippen LogP contribution in [-0.2, 0) is 0 Å². The molecule has 2 aromatic heterocycles. The Morgan fingerprint density at radius 3 is 1.92 bits per heavy atom. The number of fused-ring (bicyclic) bond motifs is 6. The molecule has 1 aliphatic carbocycles. The van der Waals surface area contributed by atoms with Gasteiger partial charge in [0.2, 0.25) is 0 Å². The average Bonchev–Trinajstić information content (AvgIpc) is 3.47. The second-order valence-electron chi connectivity index (χ2n) is 12.9. The molecule has 6 heteroatoms. The molecular weight excluding hydrogens is 667 g/mol. The summed E-state index contributed by atoms with van der Waals surface area (Å²) >= 11 is 5.72. The van der Waals surface area contributed by atoms with Gasteiger partial charge in [0.25, 0.3) is 0 Å². The summed E-state index contributed by atoms with van der Waals surface area (Å²) in [6, 6.07) is 41.4. The third-order valence-electron chi connectivity index (χ3n) is 9.71. The molecular formula is C45H29NO3S2. The van der Waals surface area contributed by atoms with E-state index in [1.807, 2.05) is 73.7 Å². The van der Waals surface area contributed by atoms with Gasteiger partial charge in [-0.2, -0.15) is 0 Å². The van der Waals surface area contributed by atoms with Crippen molar-refractivity contribution in [3.63, 3.8) is 0 Å². The molecule has 0 spiro atoms. The standard InChI is InChI=1S/C45H29NO3S2/c1-26-11-19-41-37(21-26)44(48)38-23-29(16-20-42(38)51-41)31-15-18-34-33-17-14-30(24-39(33)46(40(34)25-31)32-8-3-2-4-9-32)28-13-12-27-7-5-6-10-35(45(49)50)43(47)36(27)22-28/h2-25,49-50H,1H3/b7-5-,10-6-,45-35-. The zero-order valence-corrected chi connectivity index (χ0v) is 29.1. The van der Waals surface area contributed by atoms with Gasteiger partial charge in [-0.15, -0.1) is 24.0 Å². The predicted molar refractivity (Wildman–Crippen MR) is 217 cm³/mol. The van der Waals surface area contributed by atoms with Gasteiger partial charge in [0, 0.05) is 42.2 Å². The zero-order valence-electron chi connectivity index (χ0n) is 27.4. The number of aliphatic hydroxyl groups is 1. The molecule has 8 aromatic rings. The van der Waals surface area contributed by atoms with Crippen molar-refractivity contribution in [1.29, 1.82) is 0 Å². The van der Waals surface area contributed by atoms with Crippen molar-refractivity contribution < 1.29 is 9.90 Å². The maximum Gasteiger partial charge on any atom is 0.197 e. The van der Waals surface area contributed by atoms with Crippen molar-refractivity contribution in [1.82, 2.24) is 4.57 Å². The number of rotatable bonds is 3. The maximum absolute atomic E-state index is 13.7. The fourth-order valence-electron chi connectivity index (χ4n) is 7.17. The third kappa shape index (κ3) is 5.23. The smallest absolute Gasteiger partial charge is 0.197 e. The summed E-state index contributed by atoms with van der Waals surface area (Å²) in [6.07, 6.45) is 7.05. The molecule has 1 N–H and O–H groups in total. The number of allylic oxidation sites excluding steroid dienone is 4. The zero-order chi connectivity index (χ0) is 34.8. The second kappa shape index (κ2) is 12.1. The molecule has 6 aromatic carbocycles. The number of thiol groups is 1. The number of carbonyl (C=O) groups excluding carboxylic acids is 1. The summed E-state index contributed by atoms with van der Waals surface area (Å²) in [6.45, 7) is 2.02. The molecule has 0 saturated heterocycles. The quantitative estimate of drug-likeness (QED) is 0.0837. The first-order valence-corrected chi connectivity index (χ1v) is 17.9. The molecule has 4 nitrogen and oxygen atoms in total. The highest BCUT2D eigenvalue weighted by Crippen LogP contribution is 2.38. The number of ketones is 1. The van der Waals surface area contributed by atoms with Crippen molar-refractivity contribution in [2.75, 3.05) is 0 Å². The van der Waals surface area contributed by atoms with Crippen LogP contribution in [0.4, 0.5) is 0 Å². The number of aromatic nitrogens is 1. The number of benzene rings is 6. The van der Waals surface area contributed by atoms with Gasteiger partial charge in [-0.05, 0) is 95.4 Å². The molecule has 0 unspecified atom stereocenters. The van der Waals surface area contributed by atoms with Gasteiger partial charge in [-0.25, -0.2) is 0 Å². The van der Waals surface area contributed by atoms with E-state index in [1.54, 1.807) is 23.5 Å². The van der Waals surface area contributed by atoms with Crippen molar-refractivity contribution in [3.05, 3.63) is 177 Å². The Labute approximate surface area is 303 Å². The number of para-hydroxylation sites is 1. The summed E-state index contributed by atoms with van der Waals surface area (Å²) in [5.74, 6) is -0.284. The average molecular weight is 696 g/mol. The molecule has 9 rings (SSSR count). The normalized spacial score (nSPS) is 15.2. The van der Waals surface area contributed by atoms with Crippen LogP contribution < -0.4 is 5.43 Å². The number of hydrogen-bond donors (Lipinski definition) is 2. The van der Waals surface area contributed by atoms with Gasteiger partial charge in [-0.3, -0.25) is 9.59 Å². The Bertz CT molecular complexity index is 2920. The molecule has 0 radical (unpaired) electrons. The van der Waals surface area contributed by atoms with Crippen LogP contribution in [0.5, 0.6) is 0 Å². The van der Waals surface area contributed by atoms with Crippen LogP contribution in [0.1, 0.15) is 21.5 Å². The molecule has 0 saturated carbocycles. The number of carbonyl (C=O) groups is 1. The van der Waals surface area contributed by atoms with Gasteiger partial charge >= 0.3 is 0 Å². The monoisotopic (exact) mass is 695 g/mol. The van der Waals surface area contributed by atoms with E-state index in [0.717, 1.165) is 81.0 Å². The van der Waals surface area contributed by atoms with Gasteiger partial charge in [0.05, 0.1) is 16.6 Å². The fourth-order valence-corrected chi connectivity index (χ4v) is 8.38. The third-order valence-corrected chi connectivity index (χ3v) is 11.1. The van der Waals surface area contributed by atoms with E-state index in [2.05, 4.69) is 83.9 Å². The van der Waals surface area contributed by atoms with E-state index >= 15 is 0 Å². The lowest BCUT2D eigenvalue weighted by Gasteiger charge is -2.12. The summed E-state index contributed by atoms with van der Waals surface area (Å²) in [4.78, 5) is 27.2. The van der Waals surface area contributed by atoms with Crippen LogP contribution in [0, 0.1) is 6.92 Å². The Kier molecular flexibility index (Phi) is 7.39. The van der Waals surface area contributed by atoms with E-state index in [9.17, 15) is 14.7 Å². The molecule has 51 heavy (non-hydrogen) atoms. The molecule has 0 bridgehead atoms. The molecule has 2 heterocycles. The molecule has 0 fully saturated rings. The van der Waals surface area contributed by atoms with Crippen molar-refractivity contribution in [2.45, 2.75) is 6.92 Å². The Morgan fingerprint density at radius 2 is 1.22 bits per heavy atom. The number of Topliss-reactive ketones (excluding diaryl/α,β-unsaturated/α-hetero) is 1. The maximum atomic E-state index is 13.7. The number of hydrogen-bond acceptors (Lipinski definition) is 5. The van der Waals surface area contributed by atoms with E-state index in [0.29, 0.717) is 5.56 Å². The Morgan fingerprint density at radius 1 is 0.627 bits per heavy atom. The molecule has 0 amide bonds. The highest BCUT2D eigenvalue weighted by Gasteiger charge is 2.20. The van der Waals surface area contributed by atoms with Gasteiger partial charge < -0.3 is 9.67 Å². The van der Waals surface area contributed by atoms with Crippen LogP contribution in [0.3, 0.4) is 0 Å². The highest BCUT2D eigenvalue weighted by molar-refractivity contribution is 7.84. The number of aliphatic hydroxyl groups excluding tert-OH is 1. The van der Waals surface area contributed by atoms with E-state index in [4.69, 9.17) is 0 Å². The summed E-state index contributed by atoms with van der Waals surface area (Å²) in [5, 5.41) is 13.5. The van der Waals surface area contributed by atoms with E-state index in [1.165, 1.54) is 0 Å². The van der Waals surface area contributed by atoms with Crippen LogP contribution >= 0.6 is 24.0 Å². The molecule has 0 atom stereocenters. The van der Waals surface area contributed by atoms with Crippen LogP contribution in [0.2, 0.25) is 0 Å². The van der Waals surface area contributed by atoms with E-state index in [-0.39, 0.29) is 21.9 Å². The lowest BCUT2D eigenvalue weighted by Crippen LogP contribution is -2.07. The highest BCUT2D eigenvalue weighted by atomic mass is 32.1. The van der Waals surface area contributed by atoms with Gasteiger partial charge in [0.1, 0.15) is 0 Å². The Balaban J connectivity index is 1.22. The van der Waals surface area contributed by atoms with Crippen LogP contribution in [0.25, 0.3) is 76.0 Å². The van der Waals surface area contributed by atoms with Gasteiger partial charge in [0.15, 0.2) is 16.3 Å². The lowest BCUT2D eigenvalue weighted by atomic mass is 9.92. The largest absolute Gasteiger partial charge is 0.502 e. The van der Waals surface area contributed by atoms with Crippen LogP contribution in [-0.4, -0.2) is 15.5 Å². The minimum atomic E-state index is -0.308. The minimum absolute atomic E-state index is 0.0634. The number of aryl methyl sites for hydroxylation is 1. The first-order valence-electron chi connectivity index (χ1n) is 16.6. The van der Waals surface area contributed by atoms with Crippen molar-refractivity contribution in [3.8, 4) is 27.9 Å². The van der Waals surface area contributed by atoms with Crippen molar-refractivity contribution in [2.24, 2.45) is 0 Å². The topological polar surface area (TPSA) is 59.3 Å². The van der Waals surface area contributed by atoms with Crippen LogP contribution in [0.15, 0.2) is 155 Å². The summed E-state index contributed by atoms with van der Waals surface area (Å²) in [5.41, 5.74) is 9.53. The number of nitrogens with zero attached hydrogens (tertiary/aromatic N) is 1. The fraction of sp³-hybridized carbons (Fsp3) is 0.0222. The van der Waals surface area contributed by atoms with Gasteiger partial charge in [-0.1, -0.05) is 90.5 Å². The predicted octanol–water partition coefficient (Wildman–Crippen LogP) is 11.6. The first kappa shape index (κ1) is 31.1. The van der Waals surface area contributed by atoms with E-state index < -0.39 is 0 Å². The molecule has 1 aliphatic rings. The van der Waals surface area contributed by atoms with Crippen molar-refractivity contribution >= 4 is 77.8 Å². The Hall–Kier alpha value is -5.95. The lowest BCUT2D eigenvalue weighted by molar-refractivity contribution is 0.103. The molecule has 0 aliphatic heterocycles. The molecule has 244 valence electrons. The first-order chi connectivity index (χ1) is 24.8. The minimum Gasteiger partial charge on any atom is -0.502 e. The SMILES string of the molecule is Cc1ccc2sc3ccc(-c4ccc5c6ccc(-c7ccc8c(c7)C(=O)C(=C(/O)S)/C=C\C=C/8)cc6n(-c6ccccc6)c5c4)cc3c(=O)c2c1. The summed E-state index contributed by atoms with van der Waals surface area (Å²) < 4.78 is 4.26. The summed E-state index contributed by atoms with van der Waals surface area (Å²) in [7, 11) is 0. The second-order valence-corrected chi connectivity index (χ2v) is 14.4.